The molecule has 0 spiro atoms. The number of amides is 4. The summed E-state index contributed by atoms with van der Waals surface area (Å²) in [5, 5.41) is 5.09. The van der Waals surface area contributed by atoms with Gasteiger partial charge in [0.1, 0.15) is 24.0 Å². The number of unbranched alkanes of at least 4 members (excludes halogenated alkanes) is 3. The number of carbonyl (C=O) groups excluding carboxylic acids is 4. The lowest BCUT2D eigenvalue weighted by Crippen LogP contribution is -2.54. The summed E-state index contributed by atoms with van der Waals surface area (Å²) in [7, 11) is -3.84. The molecular weight excluding hydrogens is 600 g/mol. The summed E-state index contributed by atoms with van der Waals surface area (Å²) in [6.45, 7) is 8.47. The molecule has 0 bridgehead atoms. The molecule has 5 rings (SSSR count). The summed E-state index contributed by atoms with van der Waals surface area (Å²) in [4.78, 5) is 55.2. The highest BCUT2D eigenvalue weighted by Gasteiger charge is 2.62. The van der Waals surface area contributed by atoms with Crippen LogP contribution in [0.4, 0.5) is 10.5 Å². The van der Waals surface area contributed by atoms with Crippen LogP contribution in [-0.4, -0.2) is 68.8 Å². The Hall–Kier alpha value is -3.87. The number of carbonyl (C=O) groups is 4. The summed E-state index contributed by atoms with van der Waals surface area (Å²) in [5.41, 5.74) is -0.899. The number of anilines is 1. The molecule has 5 atom stereocenters. The van der Waals surface area contributed by atoms with Crippen molar-refractivity contribution in [1.82, 2.24) is 15.4 Å². The fourth-order valence-corrected chi connectivity index (χ4v) is 7.56. The monoisotopic (exact) mass is 642 g/mol. The first kappa shape index (κ1) is 32.5. The van der Waals surface area contributed by atoms with Crippen LogP contribution in [0.25, 0.3) is 0 Å². The molecule has 3 saturated carbocycles. The Balaban J connectivity index is 1.28. The standard InChI is InChI=1S/C32H42N4O8S/c1-3-5-6-7-10-15-33-28(37)24-18-22(44-31(40)36-16-17-43-27-12-9-8-11-26(27)36)19-25(24)29(38)34-32(20-21(32)4-2)30(39)35-45(41,42)23-13-14-23/h3-4,8-9,11-12,21-25H,1-2,5-7,10,13-20H2,(H,33,37)(H,34,38)(H,35,39). The summed E-state index contributed by atoms with van der Waals surface area (Å²) >= 11 is 0. The van der Waals surface area contributed by atoms with Gasteiger partial charge in [-0.2, -0.15) is 0 Å². The first-order chi connectivity index (χ1) is 21.6. The minimum absolute atomic E-state index is 0.0673. The minimum Gasteiger partial charge on any atom is -0.490 e. The molecule has 3 N–H and O–H groups in total. The molecule has 0 radical (unpaired) electrons. The lowest BCUT2D eigenvalue weighted by molar-refractivity contribution is -0.136. The third kappa shape index (κ3) is 7.34. The number of nitrogens with zero attached hydrogens (tertiary/aromatic N) is 1. The van der Waals surface area contributed by atoms with E-state index >= 15 is 0 Å². The smallest absolute Gasteiger partial charge is 0.414 e. The van der Waals surface area contributed by atoms with Gasteiger partial charge in [0.25, 0.3) is 5.91 Å². The summed E-state index contributed by atoms with van der Waals surface area (Å²) in [6.07, 6.45) is 6.89. The van der Waals surface area contributed by atoms with Gasteiger partial charge in [-0.15, -0.1) is 13.2 Å². The van der Waals surface area contributed by atoms with Gasteiger partial charge in [-0.3, -0.25) is 24.0 Å². The average molecular weight is 643 g/mol. The number of nitrogens with one attached hydrogen (secondary N) is 3. The maximum Gasteiger partial charge on any atom is 0.414 e. The van der Waals surface area contributed by atoms with E-state index in [0.29, 0.717) is 37.4 Å². The number of hydrogen-bond donors (Lipinski definition) is 3. The summed E-state index contributed by atoms with van der Waals surface area (Å²) in [5.74, 6) is -3.33. The lowest BCUT2D eigenvalue weighted by atomic mass is 9.93. The summed E-state index contributed by atoms with van der Waals surface area (Å²) < 4.78 is 38.7. The van der Waals surface area contributed by atoms with Crippen molar-refractivity contribution in [2.45, 2.75) is 74.7 Å². The molecule has 1 aromatic carbocycles. The van der Waals surface area contributed by atoms with Crippen LogP contribution in [0.2, 0.25) is 0 Å². The molecular formula is C32H42N4O8S. The fraction of sp³-hybridized carbons (Fsp3) is 0.562. The number of allylic oxidation sites excluding steroid dienone is 1. The molecule has 0 saturated heterocycles. The van der Waals surface area contributed by atoms with Gasteiger partial charge in [0, 0.05) is 12.5 Å². The normalized spacial score (nSPS) is 26.9. The van der Waals surface area contributed by atoms with E-state index in [4.69, 9.17) is 9.47 Å². The number of sulfonamides is 1. The maximum atomic E-state index is 13.8. The zero-order valence-electron chi connectivity index (χ0n) is 25.4. The zero-order valence-corrected chi connectivity index (χ0v) is 26.2. The molecule has 45 heavy (non-hydrogen) atoms. The second kappa shape index (κ2) is 13.6. The molecule has 1 aliphatic heterocycles. The topological polar surface area (TPSA) is 160 Å². The van der Waals surface area contributed by atoms with Crippen LogP contribution in [0.15, 0.2) is 49.6 Å². The quantitative estimate of drug-likeness (QED) is 0.206. The van der Waals surface area contributed by atoms with Gasteiger partial charge in [0.2, 0.25) is 21.8 Å². The second-order valence-electron chi connectivity index (χ2n) is 12.3. The number of fused-ring (bicyclic) bond motifs is 1. The molecule has 3 aliphatic carbocycles. The van der Waals surface area contributed by atoms with Crippen molar-refractivity contribution < 1.29 is 37.1 Å². The molecule has 4 amide bonds. The third-order valence-corrected chi connectivity index (χ3v) is 10.9. The van der Waals surface area contributed by atoms with Gasteiger partial charge in [-0.05, 0) is 63.5 Å². The maximum absolute atomic E-state index is 13.8. The Morgan fingerprint density at radius 2 is 1.78 bits per heavy atom. The Kier molecular flexibility index (Phi) is 9.85. The minimum atomic E-state index is -3.84. The van der Waals surface area contributed by atoms with Gasteiger partial charge < -0.3 is 20.1 Å². The van der Waals surface area contributed by atoms with Crippen LogP contribution in [0.1, 0.15) is 57.8 Å². The van der Waals surface area contributed by atoms with Crippen molar-refractivity contribution in [1.29, 1.82) is 0 Å². The van der Waals surface area contributed by atoms with Gasteiger partial charge in [-0.25, -0.2) is 13.2 Å². The highest BCUT2D eigenvalue weighted by atomic mass is 32.2. The van der Waals surface area contributed by atoms with Gasteiger partial charge in [0.15, 0.2) is 0 Å². The molecule has 5 unspecified atom stereocenters. The SMILES string of the molecule is C=CCCCCCNC(=O)C1CC(OC(=O)N2CCOc3ccccc32)CC1C(=O)NC1(C(=O)NS(=O)(=O)C2CC2)CC1C=C. The predicted octanol–water partition coefficient (Wildman–Crippen LogP) is 2.95. The van der Waals surface area contributed by atoms with E-state index in [9.17, 15) is 27.6 Å². The Labute approximate surface area is 264 Å². The van der Waals surface area contributed by atoms with Crippen LogP contribution in [0.5, 0.6) is 5.75 Å². The number of rotatable bonds is 14. The van der Waals surface area contributed by atoms with Crippen molar-refractivity contribution >= 4 is 39.5 Å². The van der Waals surface area contributed by atoms with E-state index in [1.54, 1.807) is 18.2 Å². The second-order valence-corrected chi connectivity index (χ2v) is 14.2. The van der Waals surface area contributed by atoms with Crippen LogP contribution < -0.4 is 25.0 Å². The summed E-state index contributed by atoms with van der Waals surface area (Å²) in [6, 6.07) is 7.11. The first-order valence-electron chi connectivity index (χ1n) is 15.7. The fourth-order valence-electron chi connectivity index (χ4n) is 6.19. The molecule has 0 aromatic heterocycles. The van der Waals surface area contributed by atoms with E-state index in [2.05, 4.69) is 28.5 Å². The first-order valence-corrected chi connectivity index (χ1v) is 17.2. The number of benzene rings is 1. The number of para-hydroxylation sites is 2. The largest absolute Gasteiger partial charge is 0.490 e. The van der Waals surface area contributed by atoms with Crippen molar-refractivity contribution in [3.05, 3.63) is 49.6 Å². The van der Waals surface area contributed by atoms with Crippen molar-refractivity contribution in [2.75, 3.05) is 24.6 Å². The van der Waals surface area contributed by atoms with Crippen LogP contribution in [0.3, 0.4) is 0 Å². The predicted molar refractivity (Wildman–Crippen MR) is 167 cm³/mol. The third-order valence-electron chi connectivity index (χ3n) is 9.04. The number of hydrogen-bond acceptors (Lipinski definition) is 8. The van der Waals surface area contributed by atoms with Crippen molar-refractivity contribution in [3.8, 4) is 5.75 Å². The Bertz CT molecular complexity index is 1440. The van der Waals surface area contributed by atoms with Gasteiger partial charge in [-0.1, -0.05) is 30.7 Å². The van der Waals surface area contributed by atoms with E-state index in [1.165, 1.54) is 11.0 Å². The van der Waals surface area contributed by atoms with Crippen molar-refractivity contribution in [3.63, 3.8) is 0 Å². The highest BCUT2D eigenvalue weighted by Crippen LogP contribution is 2.46. The molecule has 3 fully saturated rings. The molecule has 244 valence electrons. The van der Waals surface area contributed by atoms with Crippen LogP contribution >= 0.6 is 0 Å². The molecule has 13 heteroatoms. The van der Waals surface area contributed by atoms with Crippen molar-refractivity contribution in [2.24, 2.45) is 17.8 Å². The van der Waals surface area contributed by atoms with E-state index in [0.717, 1.165) is 25.7 Å². The van der Waals surface area contributed by atoms with E-state index in [1.807, 2.05) is 12.1 Å². The zero-order chi connectivity index (χ0) is 32.2. The van der Waals surface area contributed by atoms with Gasteiger partial charge in [0.05, 0.1) is 29.3 Å². The molecule has 4 aliphatic rings. The van der Waals surface area contributed by atoms with Gasteiger partial charge >= 0.3 is 6.09 Å². The van der Waals surface area contributed by atoms with Crippen LogP contribution in [0, 0.1) is 17.8 Å². The highest BCUT2D eigenvalue weighted by molar-refractivity contribution is 7.91. The molecule has 12 nitrogen and oxygen atoms in total. The Morgan fingerprint density at radius 1 is 1.04 bits per heavy atom. The van der Waals surface area contributed by atoms with E-state index in [-0.39, 0.29) is 31.7 Å². The van der Waals surface area contributed by atoms with E-state index < -0.39 is 62.6 Å². The number of ether oxygens (including phenoxy) is 2. The molecule has 1 aromatic rings. The average Bonchev–Trinajstić information content (AvgIpc) is 3.95. The van der Waals surface area contributed by atoms with Crippen LogP contribution in [-0.2, 0) is 29.1 Å². The lowest BCUT2D eigenvalue weighted by Gasteiger charge is -2.29. The Morgan fingerprint density at radius 3 is 2.47 bits per heavy atom. The molecule has 1 heterocycles.